The molecule has 3 heteroatoms. The topological polar surface area (TPSA) is 36.1 Å². The number of nitrogens with zero attached hydrogens (tertiary/aromatic N) is 2. The maximum Gasteiger partial charge on any atom is 0.150 e. The van der Waals surface area contributed by atoms with E-state index in [1.807, 2.05) is 19.9 Å². The van der Waals surface area contributed by atoms with Gasteiger partial charge in [0.25, 0.3) is 0 Å². The second kappa shape index (κ2) is 7.79. The molecule has 0 radical (unpaired) electrons. The van der Waals surface area contributed by atoms with Crippen LogP contribution in [-0.4, -0.2) is 5.71 Å². The number of aliphatic imine (C=N–C) groups is 1. The average Bonchev–Trinajstić information content (AvgIpc) is 2.31. The minimum Gasteiger partial charge on any atom is -0.255 e. The molecule has 0 N–H and O–H groups in total. The van der Waals surface area contributed by atoms with E-state index in [-0.39, 0.29) is 0 Å². The minimum absolute atomic E-state index is 0.332. The molecule has 0 unspecified atom stereocenters. The van der Waals surface area contributed by atoms with E-state index < -0.39 is 5.82 Å². The van der Waals surface area contributed by atoms with Gasteiger partial charge < -0.3 is 0 Å². The van der Waals surface area contributed by atoms with E-state index in [9.17, 15) is 4.39 Å². The monoisotopic (exact) mass is 276 g/mol. The third kappa shape index (κ3) is 7.68. The molecule has 1 aromatic carbocycles. The van der Waals surface area contributed by atoms with Crippen molar-refractivity contribution in [2.24, 2.45) is 10.4 Å². The maximum atomic E-state index is 13.5. The van der Waals surface area contributed by atoms with Crippen LogP contribution in [0.1, 0.15) is 59.1 Å². The lowest BCUT2D eigenvalue weighted by atomic mass is 10.0. The van der Waals surface area contributed by atoms with Gasteiger partial charge in [-0.15, -0.1) is 0 Å². The van der Waals surface area contributed by atoms with E-state index in [4.69, 9.17) is 5.26 Å². The van der Waals surface area contributed by atoms with E-state index in [0.29, 0.717) is 22.2 Å². The Morgan fingerprint density at radius 3 is 2.15 bits per heavy atom. The summed E-state index contributed by atoms with van der Waals surface area (Å²) in [6, 6.07) is 4.78. The van der Waals surface area contributed by atoms with Crippen LogP contribution in [0.15, 0.2) is 17.1 Å². The number of benzene rings is 1. The van der Waals surface area contributed by atoms with Crippen LogP contribution < -0.4 is 0 Å². The zero-order chi connectivity index (χ0) is 15.9. The Hall–Kier alpha value is -1.69. The Kier molecular flexibility index (Phi) is 7.13. The zero-order valence-corrected chi connectivity index (χ0v) is 13.6. The van der Waals surface area contributed by atoms with E-state index in [0.717, 1.165) is 12.1 Å². The van der Waals surface area contributed by atoms with Gasteiger partial charge in [-0.1, -0.05) is 34.6 Å². The highest BCUT2D eigenvalue weighted by Crippen LogP contribution is 2.24. The Labute approximate surface area is 122 Å². The molecular weight excluding hydrogens is 251 g/mol. The summed E-state index contributed by atoms with van der Waals surface area (Å²) in [7, 11) is 0. The van der Waals surface area contributed by atoms with Crippen molar-refractivity contribution < 1.29 is 4.39 Å². The largest absolute Gasteiger partial charge is 0.255 e. The van der Waals surface area contributed by atoms with Crippen molar-refractivity contribution in [3.05, 3.63) is 29.1 Å². The number of halogens is 1. The first-order valence-corrected chi connectivity index (χ1v) is 6.83. The molecule has 0 amide bonds. The van der Waals surface area contributed by atoms with E-state index >= 15 is 0 Å². The van der Waals surface area contributed by atoms with Gasteiger partial charge in [-0.25, -0.2) is 4.39 Å². The lowest BCUT2D eigenvalue weighted by Gasteiger charge is -2.05. The van der Waals surface area contributed by atoms with Crippen molar-refractivity contribution >= 4 is 11.4 Å². The molecule has 0 fully saturated rings. The van der Waals surface area contributed by atoms with Crippen LogP contribution >= 0.6 is 0 Å². The lowest BCUT2D eigenvalue weighted by Crippen LogP contribution is -1.93. The minimum atomic E-state index is -0.431. The summed E-state index contributed by atoms with van der Waals surface area (Å²) < 4.78 is 13.5. The van der Waals surface area contributed by atoms with E-state index in [2.05, 4.69) is 32.7 Å². The molecule has 0 saturated carbocycles. The van der Waals surface area contributed by atoms with Crippen LogP contribution in [0.4, 0.5) is 10.1 Å². The summed E-state index contributed by atoms with van der Waals surface area (Å²) >= 11 is 0. The second-order valence-electron chi connectivity index (χ2n) is 6.44. The molecule has 0 spiro atoms. The van der Waals surface area contributed by atoms with Crippen molar-refractivity contribution in [3.8, 4) is 6.07 Å². The fourth-order valence-corrected chi connectivity index (χ4v) is 1.21. The fourth-order valence-electron chi connectivity index (χ4n) is 1.21. The highest BCUT2D eigenvalue weighted by atomic mass is 19.1. The molecule has 0 saturated heterocycles. The van der Waals surface area contributed by atoms with Crippen LogP contribution in [0, 0.1) is 29.5 Å². The molecule has 0 heterocycles. The third-order valence-corrected chi connectivity index (χ3v) is 2.20. The standard InChI is InChI=1S/C12H13FN2.C5H12/c1-4-9(3)15-12-8(2)5-10(7-14)6-11(12)13;1-5(2,3)4/h5-6H,4H2,1-3H3;1-4H3. The highest BCUT2D eigenvalue weighted by Gasteiger charge is 2.07. The summed E-state index contributed by atoms with van der Waals surface area (Å²) in [5.74, 6) is -0.431. The first-order valence-electron chi connectivity index (χ1n) is 6.83. The molecule has 0 atom stereocenters. The molecular formula is C17H25FN2. The van der Waals surface area contributed by atoms with Gasteiger partial charge in [0.2, 0.25) is 0 Å². The van der Waals surface area contributed by atoms with Gasteiger partial charge in [0.15, 0.2) is 0 Å². The van der Waals surface area contributed by atoms with Crippen LogP contribution in [0.3, 0.4) is 0 Å². The van der Waals surface area contributed by atoms with Crippen LogP contribution in [-0.2, 0) is 0 Å². The molecule has 1 rings (SSSR count). The Bertz CT molecular complexity index is 488. The smallest absolute Gasteiger partial charge is 0.150 e. The SMILES string of the molecule is CC(C)(C)C.CCC(C)=Nc1c(C)cc(C#N)cc1F. The Morgan fingerprint density at radius 2 is 1.80 bits per heavy atom. The number of hydrogen-bond acceptors (Lipinski definition) is 2. The first-order chi connectivity index (χ1) is 9.08. The summed E-state index contributed by atoms with van der Waals surface area (Å²) in [5.41, 5.74) is 2.74. The van der Waals surface area contributed by atoms with Crippen molar-refractivity contribution in [1.82, 2.24) is 0 Å². The molecule has 0 aliphatic rings. The van der Waals surface area contributed by atoms with Gasteiger partial charge in [0, 0.05) is 5.71 Å². The van der Waals surface area contributed by atoms with Crippen molar-refractivity contribution in [3.63, 3.8) is 0 Å². The molecule has 1 aromatic rings. The molecule has 0 aliphatic carbocycles. The molecule has 0 aliphatic heterocycles. The van der Waals surface area contributed by atoms with Crippen LogP contribution in [0.2, 0.25) is 0 Å². The quantitative estimate of drug-likeness (QED) is 0.651. The summed E-state index contributed by atoms with van der Waals surface area (Å²) in [4.78, 5) is 4.18. The van der Waals surface area contributed by atoms with Crippen molar-refractivity contribution in [2.75, 3.05) is 0 Å². The molecule has 110 valence electrons. The van der Waals surface area contributed by atoms with E-state index in [1.165, 1.54) is 6.07 Å². The van der Waals surface area contributed by atoms with Gasteiger partial charge in [-0.05, 0) is 43.4 Å². The molecule has 20 heavy (non-hydrogen) atoms. The Morgan fingerprint density at radius 1 is 1.30 bits per heavy atom. The highest BCUT2D eigenvalue weighted by molar-refractivity contribution is 5.84. The second-order valence-corrected chi connectivity index (χ2v) is 6.44. The summed E-state index contributed by atoms with van der Waals surface area (Å²) in [5, 5.41) is 8.65. The summed E-state index contributed by atoms with van der Waals surface area (Å²) in [6.45, 7) is 14.3. The van der Waals surface area contributed by atoms with Gasteiger partial charge in [0.05, 0.1) is 11.6 Å². The first kappa shape index (κ1) is 18.3. The van der Waals surface area contributed by atoms with E-state index in [1.54, 1.807) is 13.0 Å². The maximum absolute atomic E-state index is 13.5. The van der Waals surface area contributed by atoms with Gasteiger partial charge in [-0.3, -0.25) is 4.99 Å². The molecule has 0 bridgehead atoms. The lowest BCUT2D eigenvalue weighted by molar-refractivity contribution is 0.469. The molecule has 2 nitrogen and oxygen atoms in total. The fraction of sp³-hybridized carbons (Fsp3) is 0.529. The number of aryl methyl sites for hydroxylation is 1. The number of nitriles is 1. The predicted octanol–water partition coefficient (Wildman–Crippen LogP) is 5.56. The zero-order valence-electron chi connectivity index (χ0n) is 13.6. The van der Waals surface area contributed by atoms with Gasteiger partial charge in [-0.2, -0.15) is 5.26 Å². The third-order valence-electron chi connectivity index (χ3n) is 2.20. The molecule has 0 aromatic heterocycles. The predicted molar refractivity (Wildman–Crippen MR) is 84.0 cm³/mol. The normalized spacial score (nSPS) is 11.4. The average molecular weight is 276 g/mol. The Balaban J connectivity index is 0.000000621. The van der Waals surface area contributed by atoms with Gasteiger partial charge in [0.1, 0.15) is 11.5 Å². The van der Waals surface area contributed by atoms with Gasteiger partial charge >= 0.3 is 0 Å². The van der Waals surface area contributed by atoms with Crippen LogP contribution in [0.5, 0.6) is 0 Å². The van der Waals surface area contributed by atoms with Crippen LogP contribution in [0.25, 0.3) is 0 Å². The summed E-state index contributed by atoms with van der Waals surface area (Å²) in [6.07, 6.45) is 0.791. The number of rotatable bonds is 2. The van der Waals surface area contributed by atoms with Crippen molar-refractivity contribution in [2.45, 2.75) is 54.9 Å². The van der Waals surface area contributed by atoms with Crippen molar-refractivity contribution in [1.29, 1.82) is 5.26 Å². The number of hydrogen-bond donors (Lipinski definition) is 0.